The number of esters is 1. The monoisotopic (exact) mass is 351 g/mol. The molecule has 1 N–H and O–H groups in total. The number of hydrogen-bond donors (Lipinski definition) is 1. The van der Waals surface area contributed by atoms with Crippen LogP contribution in [-0.2, 0) is 20.9 Å². The average molecular weight is 352 g/mol. The molecule has 0 spiro atoms. The van der Waals surface area contributed by atoms with E-state index in [0.29, 0.717) is 12.6 Å². The summed E-state index contributed by atoms with van der Waals surface area (Å²) in [6, 6.07) is 10.0. The lowest BCUT2D eigenvalue weighted by molar-refractivity contribution is -0.147. The fraction of sp³-hybridized carbons (Fsp3) is 0.526. The molecule has 0 radical (unpaired) electrons. The quantitative estimate of drug-likeness (QED) is 0.421. The Balaban J connectivity index is 0.00000208. The highest BCUT2D eigenvalue weighted by Gasteiger charge is 2.61. The smallest absolute Gasteiger partial charge is 0.323 e. The van der Waals surface area contributed by atoms with Crippen molar-refractivity contribution in [2.24, 2.45) is 5.41 Å². The van der Waals surface area contributed by atoms with Crippen molar-refractivity contribution in [3.8, 4) is 0 Å². The third-order valence-corrected chi connectivity index (χ3v) is 4.80. The molecule has 2 fully saturated rings. The van der Waals surface area contributed by atoms with E-state index in [9.17, 15) is 4.79 Å². The van der Waals surface area contributed by atoms with Gasteiger partial charge in [0.25, 0.3) is 0 Å². The highest BCUT2D eigenvalue weighted by Crippen LogP contribution is 2.54. The van der Waals surface area contributed by atoms with Crippen molar-refractivity contribution < 1.29 is 14.3 Å². The average Bonchev–Trinajstić information content (AvgIpc) is 3.13. The zero-order valence-electron chi connectivity index (χ0n) is 13.9. The number of rotatable bonds is 9. The van der Waals surface area contributed by atoms with Gasteiger partial charge >= 0.3 is 5.97 Å². The Morgan fingerprint density at radius 2 is 2.12 bits per heavy atom. The van der Waals surface area contributed by atoms with E-state index in [4.69, 9.17) is 9.47 Å². The number of carbonyl (C=O) groups is 1. The second-order valence-electron chi connectivity index (χ2n) is 6.62. The summed E-state index contributed by atoms with van der Waals surface area (Å²) in [4.78, 5) is 12.2. The molecule has 3 rings (SSSR count). The van der Waals surface area contributed by atoms with Gasteiger partial charge in [-0.1, -0.05) is 36.4 Å². The Labute approximate surface area is 150 Å². The first-order valence-corrected chi connectivity index (χ1v) is 8.39. The number of benzene rings is 1. The first kappa shape index (κ1) is 19.0. The van der Waals surface area contributed by atoms with E-state index in [1.165, 1.54) is 0 Å². The molecule has 132 valence electrons. The number of carbonyl (C=O) groups excluding carboxylic acids is 1. The topological polar surface area (TPSA) is 47.6 Å². The molecule has 2 aliphatic rings. The van der Waals surface area contributed by atoms with Crippen LogP contribution in [0.15, 0.2) is 43.0 Å². The summed E-state index contributed by atoms with van der Waals surface area (Å²) >= 11 is 0. The Morgan fingerprint density at radius 1 is 1.33 bits per heavy atom. The second-order valence-corrected chi connectivity index (χ2v) is 6.62. The number of nitrogens with one attached hydrogen (secondary N) is 1. The lowest BCUT2D eigenvalue weighted by Crippen LogP contribution is -2.35. The summed E-state index contributed by atoms with van der Waals surface area (Å²) in [5.41, 5.74) is 1.18. The van der Waals surface area contributed by atoms with Gasteiger partial charge in [0.05, 0.1) is 6.61 Å². The van der Waals surface area contributed by atoms with Gasteiger partial charge in [-0.05, 0) is 31.2 Å². The molecule has 5 heteroatoms. The fourth-order valence-corrected chi connectivity index (χ4v) is 3.32. The molecule has 0 bridgehead atoms. The van der Waals surface area contributed by atoms with Gasteiger partial charge in [0.15, 0.2) is 0 Å². The number of fused-ring (bicyclic) bond motifs is 1. The molecular formula is C19H26ClNO3. The van der Waals surface area contributed by atoms with E-state index in [0.717, 1.165) is 44.5 Å². The number of halogens is 1. The van der Waals surface area contributed by atoms with E-state index < -0.39 is 0 Å². The van der Waals surface area contributed by atoms with Gasteiger partial charge in [-0.15, -0.1) is 19.0 Å². The van der Waals surface area contributed by atoms with Crippen LogP contribution >= 0.6 is 12.4 Å². The Morgan fingerprint density at radius 3 is 2.88 bits per heavy atom. The Hall–Kier alpha value is -1.36. The predicted molar refractivity (Wildman–Crippen MR) is 96.1 cm³/mol. The van der Waals surface area contributed by atoms with Crippen LogP contribution < -0.4 is 5.32 Å². The standard InChI is InChI=1S/C19H25NO3.ClH/c1-2-3-7-10-22-14-19-11-16(20-17(19)12-19)18(21)23-13-15-8-5-4-6-9-15;/h2,4-6,8-9,16-17,20H,1,3,7,10-14H2;1H/t16-,17-,19+;/m0./s1. The molecule has 1 saturated carbocycles. The lowest BCUT2D eigenvalue weighted by atomic mass is 10.0. The normalized spacial score (nSPS) is 27.0. The number of unbranched alkanes of at least 4 members (excludes halogenated alkanes) is 1. The van der Waals surface area contributed by atoms with Crippen molar-refractivity contribution in [3.63, 3.8) is 0 Å². The maximum Gasteiger partial charge on any atom is 0.323 e. The molecule has 1 aromatic rings. The van der Waals surface area contributed by atoms with E-state index in [-0.39, 0.29) is 29.8 Å². The van der Waals surface area contributed by atoms with E-state index in [1.807, 2.05) is 36.4 Å². The van der Waals surface area contributed by atoms with Crippen LogP contribution in [0.3, 0.4) is 0 Å². The van der Waals surface area contributed by atoms with Crippen molar-refractivity contribution in [1.82, 2.24) is 5.32 Å². The van der Waals surface area contributed by atoms with Crippen LogP contribution in [0.1, 0.15) is 31.2 Å². The summed E-state index contributed by atoms with van der Waals surface area (Å²) in [5.74, 6) is -0.146. The molecular weight excluding hydrogens is 326 g/mol. The summed E-state index contributed by atoms with van der Waals surface area (Å²) in [6.45, 7) is 5.56. The summed E-state index contributed by atoms with van der Waals surface area (Å²) in [6.07, 6.45) is 5.85. The third-order valence-electron chi connectivity index (χ3n) is 4.80. The van der Waals surface area contributed by atoms with Gasteiger partial charge in [-0.2, -0.15) is 0 Å². The molecule has 1 aliphatic heterocycles. The number of hydrogen-bond acceptors (Lipinski definition) is 4. The van der Waals surface area contributed by atoms with Crippen LogP contribution in [0.4, 0.5) is 0 Å². The molecule has 0 unspecified atom stereocenters. The number of allylic oxidation sites excluding steroid dienone is 1. The molecule has 1 heterocycles. The molecule has 0 amide bonds. The summed E-state index contributed by atoms with van der Waals surface area (Å²) < 4.78 is 11.2. The predicted octanol–water partition coefficient (Wildman–Crippen LogP) is 3.26. The summed E-state index contributed by atoms with van der Waals surface area (Å²) in [5, 5.41) is 3.39. The van der Waals surface area contributed by atoms with Crippen LogP contribution in [-0.4, -0.2) is 31.3 Å². The first-order valence-electron chi connectivity index (χ1n) is 8.39. The number of ether oxygens (including phenoxy) is 2. The lowest BCUT2D eigenvalue weighted by Gasteiger charge is -2.16. The minimum Gasteiger partial charge on any atom is -0.460 e. The van der Waals surface area contributed by atoms with E-state index >= 15 is 0 Å². The Bertz CT molecular complexity index is 551. The molecule has 1 saturated heterocycles. The molecule has 3 atom stereocenters. The Kier molecular flexibility index (Phi) is 6.84. The van der Waals surface area contributed by atoms with E-state index in [2.05, 4.69) is 11.9 Å². The number of piperidine rings is 1. The van der Waals surface area contributed by atoms with Crippen molar-refractivity contribution >= 4 is 18.4 Å². The van der Waals surface area contributed by atoms with Gasteiger partial charge in [0.1, 0.15) is 12.6 Å². The van der Waals surface area contributed by atoms with Crippen LogP contribution in [0.2, 0.25) is 0 Å². The van der Waals surface area contributed by atoms with Crippen molar-refractivity contribution in [2.75, 3.05) is 13.2 Å². The molecule has 0 aromatic heterocycles. The molecule has 1 aromatic carbocycles. The van der Waals surface area contributed by atoms with E-state index in [1.54, 1.807) is 0 Å². The van der Waals surface area contributed by atoms with Gasteiger partial charge in [-0.25, -0.2) is 0 Å². The minimum atomic E-state index is -0.186. The zero-order valence-corrected chi connectivity index (χ0v) is 14.7. The van der Waals surface area contributed by atoms with Gasteiger partial charge in [0, 0.05) is 18.1 Å². The van der Waals surface area contributed by atoms with Crippen molar-refractivity contribution in [2.45, 2.75) is 44.4 Å². The first-order chi connectivity index (χ1) is 11.2. The maximum atomic E-state index is 12.2. The zero-order chi connectivity index (χ0) is 16.1. The van der Waals surface area contributed by atoms with Crippen LogP contribution in [0, 0.1) is 5.41 Å². The second kappa shape index (κ2) is 8.65. The van der Waals surface area contributed by atoms with Crippen LogP contribution in [0.5, 0.6) is 0 Å². The third kappa shape index (κ3) is 4.59. The highest BCUT2D eigenvalue weighted by molar-refractivity contribution is 5.85. The molecule has 1 aliphatic carbocycles. The van der Waals surface area contributed by atoms with Gasteiger partial charge < -0.3 is 14.8 Å². The maximum absolute atomic E-state index is 12.2. The van der Waals surface area contributed by atoms with Gasteiger partial charge in [0.2, 0.25) is 0 Å². The largest absolute Gasteiger partial charge is 0.460 e. The van der Waals surface area contributed by atoms with Crippen molar-refractivity contribution in [3.05, 3.63) is 48.6 Å². The summed E-state index contributed by atoms with van der Waals surface area (Å²) in [7, 11) is 0. The minimum absolute atomic E-state index is 0. The van der Waals surface area contributed by atoms with Gasteiger partial charge in [-0.3, -0.25) is 4.79 Å². The highest BCUT2D eigenvalue weighted by atomic mass is 35.5. The molecule has 24 heavy (non-hydrogen) atoms. The van der Waals surface area contributed by atoms with Crippen molar-refractivity contribution in [1.29, 1.82) is 0 Å². The molecule has 4 nitrogen and oxygen atoms in total. The fourth-order valence-electron chi connectivity index (χ4n) is 3.32. The van der Waals surface area contributed by atoms with Crippen LogP contribution in [0.25, 0.3) is 0 Å². The SMILES string of the molecule is C=CCCCOC[C@]12C[C@@H](C(=O)OCc3ccccc3)N[C@H]1C2.Cl.